The summed E-state index contributed by atoms with van der Waals surface area (Å²) in [7, 11) is 1.33. The van der Waals surface area contributed by atoms with E-state index in [4.69, 9.17) is 18.9 Å². The van der Waals surface area contributed by atoms with Gasteiger partial charge in [0.15, 0.2) is 18.2 Å². The Morgan fingerprint density at radius 3 is 2.69 bits per heavy atom. The van der Waals surface area contributed by atoms with Gasteiger partial charge in [0, 0.05) is 5.56 Å². The Morgan fingerprint density at radius 1 is 1.23 bits per heavy atom. The maximum atomic E-state index is 12.8. The molecule has 7 nitrogen and oxygen atoms in total. The van der Waals surface area contributed by atoms with E-state index in [9.17, 15) is 9.59 Å². The quantitative estimate of drug-likeness (QED) is 0.712. The summed E-state index contributed by atoms with van der Waals surface area (Å²) < 4.78 is 27.8. The number of fused-ring (bicyclic) bond motifs is 1. The number of esters is 1. The highest BCUT2D eigenvalue weighted by Gasteiger charge is 2.45. The van der Waals surface area contributed by atoms with Crippen LogP contribution in [0.2, 0.25) is 0 Å². The summed E-state index contributed by atoms with van der Waals surface area (Å²) in [6.45, 7) is 2.30. The topological polar surface area (TPSA) is 80.3 Å². The second-order valence-corrected chi connectivity index (χ2v) is 6.34. The zero-order chi connectivity index (χ0) is 18.5. The summed E-state index contributed by atoms with van der Waals surface area (Å²) in [4.78, 5) is 24.3. The Bertz CT molecular complexity index is 618. The number of hydrogen-bond donors (Lipinski definition) is 0. The maximum absolute atomic E-state index is 12.8. The molecular formula is C19H24O7. The van der Waals surface area contributed by atoms with E-state index in [0.29, 0.717) is 6.42 Å². The van der Waals surface area contributed by atoms with Crippen molar-refractivity contribution < 1.29 is 33.3 Å². The van der Waals surface area contributed by atoms with Crippen molar-refractivity contribution >= 4 is 11.8 Å². The Kier molecular flexibility index (Phi) is 6.37. The van der Waals surface area contributed by atoms with E-state index in [-0.39, 0.29) is 31.4 Å². The van der Waals surface area contributed by atoms with Gasteiger partial charge in [-0.3, -0.25) is 9.59 Å². The molecule has 0 aliphatic carbocycles. The predicted molar refractivity (Wildman–Crippen MR) is 90.3 cm³/mol. The average Bonchev–Trinajstić information content (AvgIpc) is 2.69. The van der Waals surface area contributed by atoms with Crippen molar-refractivity contribution in [3.63, 3.8) is 0 Å². The van der Waals surface area contributed by atoms with Crippen LogP contribution in [-0.4, -0.2) is 56.5 Å². The van der Waals surface area contributed by atoms with Crippen molar-refractivity contribution in [1.29, 1.82) is 0 Å². The summed E-state index contributed by atoms with van der Waals surface area (Å²) in [5, 5.41) is 0. The van der Waals surface area contributed by atoms with Gasteiger partial charge in [-0.05, 0) is 6.42 Å². The fourth-order valence-electron chi connectivity index (χ4n) is 3.07. The highest BCUT2D eigenvalue weighted by molar-refractivity contribution is 5.89. The Labute approximate surface area is 152 Å². The second kappa shape index (κ2) is 8.73. The molecule has 0 N–H and O–H groups in total. The largest absolute Gasteiger partial charge is 0.469 e. The lowest BCUT2D eigenvalue weighted by atomic mass is 10.00. The number of ether oxygens (including phenoxy) is 5. The molecule has 0 saturated carbocycles. The molecule has 0 spiro atoms. The standard InChI is InChI=1S/C19H24O7/c1-3-13(9-16(20)22-2)25-14-10-23-15-11-24-19(26-18(15)17(14)21)12-7-5-4-6-8-12/h4-8,13-15,18-19H,3,9-11H2,1-2H3. The SMILES string of the molecule is CCC(CC(=O)OC)OC1COC2COC(c3ccccc3)OC2C1=O. The van der Waals surface area contributed by atoms with E-state index >= 15 is 0 Å². The van der Waals surface area contributed by atoms with E-state index in [1.54, 1.807) is 0 Å². The summed E-state index contributed by atoms with van der Waals surface area (Å²) in [6, 6.07) is 9.45. The van der Waals surface area contributed by atoms with Crippen molar-refractivity contribution in [3.8, 4) is 0 Å². The van der Waals surface area contributed by atoms with Crippen LogP contribution < -0.4 is 0 Å². The van der Waals surface area contributed by atoms with Crippen LogP contribution in [-0.2, 0) is 33.3 Å². The van der Waals surface area contributed by atoms with Gasteiger partial charge in [0.2, 0.25) is 0 Å². The van der Waals surface area contributed by atoms with Crippen molar-refractivity contribution in [2.45, 2.75) is 50.5 Å². The summed E-state index contributed by atoms with van der Waals surface area (Å²) in [6.07, 6.45) is -2.28. The lowest BCUT2D eigenvalue weighted by molar-refractivity contribution is -0.277. The molecule has 26 heavy (non-hydrogen) atoms. The van der Waals surface area contributed by atoms with Gasteiger partial charge in [0.05, 0.1) is 32.8 Å². The molecule has 0 aromatic heterocycles. The zero-order valence-corrected chi connectivity index (χ0v) is 15.0. The van der Waals surface area contributed by atoms with Crippen molar-refractivity contribution in [2.24, 2.45) is 0 Å². The zero-order valence-electron chi connectivity index (χ0n) is 15.0. The fourth-order valence-corrected chi connectivity index (χ4v) is 3.07. The third-order valence-corrected chi connectivity index (χ3v) is 4.58. The van der Waals surface area contributed by atoms with Gasteiger partial charge < -0.3 is 23.7 Å². The van der Waals surface area contributed by atoms with E-state index in [0.717, 1.165) is 5.56 Å². The van der Waals surface area contributed by atoms with Crippen molar-refractivity contribution in [1.82, 2.24) is 0 Å². The molecule has 0 amide bonds. The molecule has 5 atom stereocenters. The average molecular weight is 364 g/mol. The van der Waals surface area contributed by atoms with Crippen LogP contribution in [0.4, 0.5) is 0 Å². The molecule has 0 bridgehead atoms. The third kappa shape index (κ3) is 4.29. The minimum atomic E-state index is -0.764. The Balaban J connectivity index is 1.64. The van der Waals surface area contributed by atoms with Crippen LogP contribution in [0.3, 0.4) is 0 Å². The van der Waals surface area contributed by atoms with Crippen LogP contribution in [0.15, 0.2) is 30.3 Å². The first-order valence-electron chi connectivity index (χ1n) is 8.82. The smallest absolute Gasteiger partial charge is 0.308 e. The molecule has 1 aromatic carbocycles. The molecule has 2 heterocycles. The van der Waals surface area contributed by atoms with Crippen LogP contribution in [0, 0.1) is 0 Å². The number of benzene rings is 1. The number of Topliss-reactive ketones (excluding diaryl/α,β-unsaturated/α-hetero) is 1. The number of hydrogen-bond acceptors (Lipinski definition) is 7. The lowest BCUT2D eigenvalue weighted by Crippen LogP contribution is -2.57. The van der Waals surface area contributed by atoms with Gasteiger partial charge in [0.1, 0.15) is 12.2 Å². The van der Waals surface area contributed by atoms with E-state index in [1.807, 2.05) is 37.3 Å². The van der Waals surface area contributed by atoms with E-state index < -0.39 is 30.7 Å². The maximum Gasteiger partial charge on any atom is 0.308 e. The molecule has 5 unspecified atom stereocenters. The number of carbonyl (C=O) groups is 2. The highest BCUT2D eigenvalue weighted by Crippen LogP contribution is 2.31. The molecule has 7 heteroatoms. The Morgan fingerprint density at radius 2 is 2.00 bits per heavy atom. The van der Waals surface area contributed by atoms with Gasteiger partial charge in [0.25, 0.3) is 0 Å². The molecule has 3 rings (SSSR count). The first-order valence-corrected chi connectivity index (χ1v) is 8.82. The highest BCUT2D eigenvalue weighted by atomic mass is 16.7. The predicted octanol–water partition coefficient (Wildman–Crippen LogP) is 1.80. The van der Waals surface area contributed by atoms with Gasteiger partial charge >= 0.3 is 5.97 Å². The molecule has 2 aliphatic heterocycles. The first kappa shape index (κ1) is 19.0. The van der Waals surface area contributed by atoms with Crippen LogP contribution in [0.5, 0.6) is 0 Å². The number of ketones is 1. The number of rotatable bonds is 6. The van der Waals surface area contributed by atoms with E-state index in [2.05, 4.69) is 4.74 Å². The third-order valence-electron chi connectivity index (χ3n) is 4.58. The van der Waals surface area contributed by atoms with Gasteiger partial charge in [-0.15, -0.1) is 0 Å². The van der Waals surface area contributed by atoms with Gasteiger partial charge in [-0.25, -0.2) is 0 Å². The number of methoxy groups -OCH3 is 1. The Hall–Kier alpha value is -1.80. The molecule has 2 fully saturated rings. The minimum absolute atomic E-state index is 0.0987. The van der Waals surface area contributed by atoms with Crippen molar-refractivity contribution in [3.05, 3.63) is 35.9 Å². The molecule has 2 saturated heterocycles. The summed E-state index contributed by atoms with van der Waals surface area (Å²) in [5.41, 5.74) is 0.846. The van der Waals surface area contributed by atoms with Gasteiger partial charge in [-0.1, -0.05) is 37.3 Å². The van der Waals surface area contributed by atoms with Crippen molar-refractivity contribution in [2.75, 3.05) is 20.3 Å². The fraction of sp³-hybridized carbons (Fsp3) is 0.579. The lowest BCUT2D eigenvalue weighted by Gasteiger charge is -2.41. The summed E-state index contributed by atoms with van der Waals surface area (Å²) in [5.74, 6) is -0.542. The summed E-state index contributed by atoms with van der Waals surface area (Å²) >= 11 is 0. The molecule has 0 radical (unpaired) electrons. The first-order chi connectivity index (χ1) is 12.6. The monoisotopic (exact) mass is 364 g/mol. The van der Waals surface area contributed by atoms with Crippen LogP contribution in [0.25, 0.3) is 0 Å². The number of carbonyl (C=O) groups excluding carboxylic acids is 2. The van der Waals surface area contributed by atoms with Crippen LogP contribution >= 0.6 is 0 Å². The second-order valence-electron chi connectivity index (χ2n) is 6.34. The molecular weight excluding hydrogens is 340 g/mol. The molecule has 2 aliphatic rings. The minimum Gasteiger partial charge on any atom is -0.469 e. The van der Waals surface area contributed by atoms with Gasteiger partial charge in [-0.2, -0.15) is 0 Å². The molecule has 142 valence electrons. The van der Waals surface area contributed by atoms with E-state index in [1.165, 1.54) is 7.11 Å². The molecule has 1 aromatic rings. The normalized spacial score (nSPS) is 29.7. The van der Waals surface area contributed by atoms with Crippen LogP contribution in [0.1, 0.15) is 31.6 Å².